The minimum atomic E-state index is 0.0443. The van der Waals surface area contributed by atoms with Crippen LogP contribution < -0.4 is 5.32 Å². The monoisotopic (exact) mass is 372 g/mol. The molecule has 1 saturated heterocycles. The van der Waals surface area contributed by atoms with Gasteiger partial charge in [0.15, 0.2) is 0 Å². The Morgan fingerprint density at radius 3 is 2.62 bits per heavy atom. The molecule has 1 heterocycles. The van der Waals surface area contributed by atoms with Crippen LogP contribution >= 0.6 is 11.6 Å². The zero-order valence-electron chi connectivity index (χ0n) is 15.1. The smallest absolute Gasteiger partial charge is 0.224 e. The topological polar surface area (TPSA) is 41.6 Å². The molecule has 1 amide bonds. The third-order valence-corrected chi connectivity index (χ3v) is 4.93. The minimum Gasteiger partial charge on any atom is -0.379 e. The second-order valence-electron chi connectivity index (χ2n) is 6.69. The molecule has 4 nitrogen and oxygen atoms in total. The molecule has 1 aliphatic heterocycles. The first-order valence-electron chi connectivity index (χ1n) is 9.01. The van der Waals surface area contributed by atoms with E-state index >= 15 is 0 Å². The number of aryl methyl sites for hydroxylation is 1. The number of carbonyl (C=O) groups is 1. The van der Waals surface area contributed by atoms with Gasteiger partial charge in [-0.1, -0.05) is 53.6 Å². The molecule has 1 unspecified atom stereocenters. The molecule has 0 aliphatic carbocycles. The van der Waals surface area contributed by atoms with Gasteiger partial charge in [0.25, 0.3) is 0 Å². The molecule has 3 rings (SSSR count). The fourth-order valence-corrected chi connectivity index (χ4v) is 3.44. The van der Waals surface area contributed by atoms with Crippen molar-refractivity contribution in [3.63, 3.8) is 0 Å². The first kappa shape index (κ1) is 18.9. The highest BCUT2D eigenvalue weighted by Gasteiger charge is 2.23. The van der Waals surface area contributed by atoms with Gasteiger partial charge < -0.3 is 10.1 Å². The van der Waals surface area contributed by atoms with Crippen LogP contribution in [0, 0.1) is 6.92 Å². The van der Waals surface area contributed by atoms with Gasteiger partial charge in [-0.15, -0.1) is 0 Å². The molecule has 0 radical (unpaired) electrons. The number of carbonyl (C=O) groups excluding carboxylic acids is 1. The number of hydrogen-bond acceptors (Lipinski definition) is 3. The quantitative estimate of drug-likeness (QED) is 0.845. The molecule has 2 aromatic rings. The SMILES string of the molecule is Cc1cccc(CC(=O)NCC(c2ccc(Cl)cc2)N2CCOCC2)c1. The van der Waals surface area contributed by atoms with Crippen molar-refractivity contribution in [2.45, 2.75) is 19.4 Å². The second-order valence-corrected chi connectivity index (χ2v) is 7.12. The molecule has 138 valence electrons. The Balaban J connectivity index is 1.65. The molecule has 0 saturated carbocycles. The molecule has 1 N–H and O–H groups in total. The fourth-order valence-electron chi connectivity index (χ4n) is 3.31. The summed E-state index contributed by atoms with van der Waals surface area (Å²) in [7, 11) is 0. The zero-order valence-corrected chi connectivity index (χ0v) is 15.8. The molecule has 1 atom stereocenters. The molecule has 0 aromatic heterocycles. The number of hydrogen-bond donors (Lipinski definition) is 1. The largest absolute Gasteiger partial charge is 0.379 e. The summed E-state index contributed by atoms with van der Waals surface area (Å²) in [5, 5.41) is 3.83. The third-order valence-electron chi connectivity index (χ3n) is 4.68. The number of benzene rings is 2. The second kappa shape index (κ2) is 9.17. The lowest BCUT2D eigenvalue weighted by atomic mass is 10.0. The normalized spacial score (nSPS) is 16.2. The van der Waals surface area contributed by atoms with E-state index < -0.39 is 0 Å². The van der Waals surface area contributed by atoms with Crippen LogP contribution in [0.25, 0.3) is 0 Å². The summed E-state index contributed by atoms with van der Waals surface area (Å²) in [6, 6.07) is 16.1. The van der Waals surface area contributed by atoms with Gasteiger partial charge in [0.2, 0.25) is 5.91 Å². The summed E-state index contributed by atoms with van der Waals surface area (Å²) in [4.78, 5) is 14.8. The highest BCUT2D eigenvalue weighted by molar-refractivity contribution is 6.30. The predicted molar refractivity (Wildman–Crippen MR) is 104 cm³/mol. The van der Waals surface area contributed by atoms with Gasteiger partial charge in [-0.05, 0) is 30.2 Å². The van der Waals surface area contributed by atoms with Crippen LogP contribution in [0.5, 0.6) is 0 Å². The van der Waals surface area contributed by atoms with Crippen molar-refractivity contribution >= 4 is 17.5 Å². The van der Waals surface area contributed by atoms with E-state index in [-0.39, 0.29) is 11.9 Å². The van der Waals surface area contributed by atoms with Gasteiger partial charge in [-0.2, -0.15) is 0 Å². The molecule has 1 aliphatic rings. The number of morpholine rings is 1. The Labute approximate surface area is 160 Å². The van der Waals surface area contributed by atoms with E-state index in [1.807, 2.05) is 49.4 Å². The number of rotatable bonds is 6. The fraction of sp³-hybridized carbons (Fsp3) is 0.381. The van der Waals surface area contributed by atoms with E-state index in [0.29, 0.717) is 13.0 Å². The van der Waals surface area contributed by atoms with Crippen LogP contribution in [0.4, 0.5) is 0 Å². The Kier molecular flexibility index (Phi) is 6.67. The highest BCUT2D eigenvalue weighted by Crippen LogP contribution is 2.23. The van der Waals surface area contributed by atoms with Crippen LogP contribution in [0.2, 0.25) is 5.02 Å². The lowest BCUT2D eigenvalue weighted by Crippen LogP contribution is -2.44. The molecule has 5 heteroatoms. The lowest BCUT2D eigenvalue weighted by Gasteiger charge is -2.35. The Hall–Kier alpha value is -1.88. The first-order valence-corrected chi connectivity index (χ1v) is 9.39. The van der Waals surface area contributed by atoms with Gasteiger partial charge in [0.05, 0.1) is 25.7 Å². The van der Waals surface area contributed by atoms with Gasteiger partial charge in [-0.25, -0.2) is 0 Å². The number of nitrogens with zero attached hydrogens (tertiary/aromatic N) is 1. The van der Waals surface area contributed by atoms with Crippen molar-refractivity contribution in [1.29, 1.82) is 0 Å². The van der Waals surface area contributed by atoms with Gasteiger partial charge in [0.1, 0.15) is 0 Å². The molecular formula is C21H25ClN2O2. The van der Waals surface area contributed by atoms with E-state index in [9.17, 15) is 4.79 Å². The maximum Gasteiger partial charge on any atom is 0.224 e. The Morgan fingerprint density at radius 1 is 1.19 bits per heavy atom. The van der Waals surface area contributed by atoms with E-state index in [4.69, 9.17) is 16.3 Å². The van der Waals surface area contributed by atoms with E-state index in [2.05, 4.69) is 16.3 Å². The average molecular weight is 373 g/mol. The molecule has 26 heavy (non-hydrogen) atoms. The van der Waals surface area contributed by atoms with Crippen molar-refractivity contribution in [2.24, 2.45) is 0 Å². The third kappa shape index (κ3) is 5.31. The summed E-state index contributed by atoms with van der Waals surface area (Å²) in [5.74, 6) is 0.0443. The van der Waals surface area contributed by atoms with Crippen LogP contribution in [-0.4, -0.2) is 43.7 Å². The number of amides is 1. The van der Waals surface area contributed by atoms with Crippen molar-refractivity contribution in [3.8, 4) is 0 Å². The number of nitrogens with one attached hydrogen (secondary N) is 1. The number of ether oxygens (including phenoxy) is 1. The van der Waals surface area contributed by atoms with E-state index in [1.54, 1.807) is 0 Å². The summed E-state index contributed by atoms with van der Waals surface area (Å²) in [6.07, 6.45) is 0.401. The summed E-state index contributed by atoms with van der Waals surface area (Å²) < 4.78 is 5.47. The minimum absolute atomic E-state index is 0.0443. The van der Waals surface area contributed by atoms with Crippen molar-refractivity contribution < 1.29 is 9.53 Å². The van der Waals surface area contributed by atoms with Crippen LogP contribution in [0.3, 0.4) is 0 Å². The number of halogens is 1. The maximum absolute atomic E-state index is 12.4. The van der Waals surface area contributed by atoms with Crippen molar-refractivity contribution in [1.82, 2.24) is 10.2 Å². The lowest BCUT2D eigenvalue weighted by molar-refractivity contribution is -0.120. The maximum atomic E-state index is 12.4. The summed E-state index contributed by atoms with van der Waals surface area (Å²) in [5.41, 5.74) is 3.37. The highest BCUT2D eigenvalue weighted by atomic mass is 35.5. The summed E-state index contributed by atoms with van der Waals surface area (Å²) >= 11 is 6.03. The zero-order chi connectivity index (χ0) is 18.4. The van der Waals surface area contributed by atoms with Crippen LogP contribution in [-0.2, 0) is 16.0 Å². The van der Waals surface area contributed by atoms with Gasteiger partial charge >= 0.3 is 0 Å². The van der Waals surface area contributed by atoms with Gasteiger partial charge in [0, 0.05) is 24.7 Å². The molecule has 2 aromatic carbocycles. The predicted octanol–water partition coefficient (Wildman–Crippen LogP) is 3.38. The first-order chi connectivity index (χ1) is 12.6. The standard InChI is InChI=1S/C21H25ClN2O2/c1-16-3-2-4-17(13-16)14-21(25)23-15-20(24-9-11-26-12-10-24)18-5-7-19(22)8-6-18/h2-8,13,20H,9-12,14-15H2,1H3,(H,23,25). The molecule has 0 bridgehead atoms. The van der Waals surface area contributed by atoms with Crippen molar-refractivity contribution in [2.75, 3.05) is 32.8 Å². The van der Waals surface area contributed by atoms with E-state index in [1.165, 1.54) is 5.56 Å². The van der Waals surface area contributed by atoms with Crippen LogP contribution in [0.1, 0.15) is 22.7 Å². The summed E-state index contributed by atoms with van der Waals surface area (Å²) in [6.45, 7) is 5.79. The Morgan fingerprint density at radius 2 is 1.92 bits per heavy atom. The molecule has 1 fully saturated rings. The van der Waals surface area contributed by atoms with Crippen molar-refractivity contribution in [3.05, 3.63) is 70.2 Å². The Bertz CT molecular complexity index is 727. The average Bonchev–Trinajstić information content (AvgIpc) is 2.64. The van der Waals surface area contributed by atoms with E-state index in [0.717, 1.165) is 42.5 Å². The molecular weight excluding hydrogens is 348 g/mol. The molecule has 0 spiro atoms. The van der Waals surface area contributed by atoms with Gasteiger partial charge in [-0.3, -0.25) is 9.69 Å². The van der Waals surface area contributed by atoms with Crippen LogP contribution in [0.15, 0.2) is 48.5 Å².